The smallest absolute Gasteiger partial charge is 0.161 e. The number of benzene rings is 1. The van der Waals surface area contributed by atoms with E-state index >= 15 is 0 Å². The van der Waals surface area contributed by atoms with Crippen LogP contribution in [0.25, 0.3) is 10.8 Å². The number of hydrogen-bond acceptors (Lipinski definition) is 4. The van der Waals surface area contributed by atoms with Gasteiger partial charge in [-0.05, 0) is 23.6 Å². The summed E-state index contributed by atoms with van der Waals surface area (Å²) >= 11 is 0. The van der Waals surface area contributed by atoms with E-state index in [2.05, 4.69) is 11.1 Å². The van der Waals surface area contributed by atoms with Crippen molar-refractivity contribution in [3.63, 3.8) is 0 Å². The Morgan fingerprint density at radius 1 is 1.18 bits per heavy atom. The summed E-state index contributed by atoms with van der Waals surface area (Å²) in [6.07, 6.45) is 2.50. The molecular weight excluding hydrogens is 216 g/mol. The van der Waals surface area contributed by atoms with Crippen LogP contribution in [0.3, 0.4) is 0 Å². The molecule has 0 atom stereocenters. The van der Waals surface area contributed by atoms with Gasteiger partial charge in [0.05, 0.1) is 13.2 Å². The second kappa shape index (κ2) is 3.95. The van der Waals surface area contributed by atoms with Gasteiger partial charge in [-0.1, -0.05) is 0 Å². The number of rotatable bonds is 0. The van der Waals surface area contributed by atoms with Crippen molar-refractivity contribution in [1.29, 1.82) is 5.26 Å². The second-order valence-corrected chi connectivity index (χ2v) is 3.84. The Kier molecular flexibility index (Phi) is 2.30. The summed E-state index contributed by atoms with van der Waals surface area (Å²) in [6, 6.07) is 7.69. The molecule has 4 nitrogen and oxygen atoms in total. The number of ether oxygens (including phenoxy) is 2. The molecule has 2 aromatic rings. The lowest BCUT2D eigenvalue weighted by atomic mass is 10.1. The average Bonchev–Trinajstić information content (AvgIpc) is 2.60. The first-order valence-electron chi connectivity index (χ1n) is 5.47. The van der Waals surface area contributed by atoms with E-state index in [-0.39, 0.29) is 0 Å². The van der Waals surface area contributed by atoms with Crippen LogP contribution in [0.5, 0.6) is 11.5 Å². The second-order valence-electron chi connectivity index (χ2n) is 3.84. The highest BCUT2D eigenvalue weighted by molar-refractivity contribution is 5.89. The Morgan fingerprint density at radius 2 is 1.94 bits per heavy atom. The minimum absolute atomic E-state index is 0.415. The maximum atomic E-state index is 9.01. The molecule has 1 aromatic heterocycles. The van der Waals surface area contributed by atoms with Crippen LogP contribution < -0.4 is 9.47 Å². The maximum Gasteiger partial charge on any atom is 0.161 e. The maximum absolute atomic E-state index is 9.01. The molecule has 17 heavy (non-hydrogen) atoms. The summed E-state index contributed by atoms with van der Waals surface area (Å²) in [5.41, 5.74) is 0.415. The van der Waals surface area contributed by atoms with Crippen LogP contribution in [0.4, 0.5) is 0 Å². The van der Waals surface area contributed by atoms with Crippen molar-refractivity contribution in [2.45, 2.75) is 6.42 Å². The number of nitrogens with zero attached hydrogens (tertiary/aromatic N) is 2. The molecule has 1 aliphatic rings. The lowest BCUT2D eigenvalue weighted by Crippen LogP contribution is -1.97. The first-order chi connectivity index (χ1) is 8.38. The van der Waals surface area contributed by atoms with Crippen LogP contribution in [0.2, 0.25) is 0 Å². The highest BCUT2D eigenvalue weighted by Gasteiger charge is 2.13. The van der Waals surface area contributed by atoms with E-state index in [4.69, 9.17) is 14.7 Å². The molecule has 0 radical (unpaired) electrons. The molecule has 84 valence electrons. The Hall–Kier alpha value is -2.28. The van der Waals surface area contributed by atoms with Crippen LogP contribution in [-0.2, 0) is 0 Å². The molecule has 0 fully saturated rings. The predicted octanol–water partition coefficient (Wildman–Crippen LogP) is 2.27. The minimum Gasteiger partial charge on any atom is -0.490 e. The van der Waals surface area contributed by atoms with Crippen molar-refractivity contribution >= 4 is 10.8 Å². The monoisotopic (exact) mass is 226 g/mol. The number of hydrogen-bond donors (Lipinski definition) is 0. The first kappa shape index (κ1) is 9.91. The van der Waals surface area contributed by atoms with Gasteiger partial charge in [0.15, 0.2) is 11.5 Å². The van der Waals surface area contributed by atoms with Crippen LogP contribution in [0.1, 0.15) is 12.1 Å². The summed E-state index contributed by atoms with van der Waals surface area (Å²) in [5, 5.41) is 10.8. The zero-order valence-corrected chi connectivity index (χ0v) is 9.14. The van der Waals surface area contributed by atoms with Crippen molar-refractivity contribution in [1.82, 2.24) is 4.98 Å². The van der Waals surface area contributed by atoms with Crippen molar-refractivity contribution in [3.05, 3.63) is 30.1 Å². The molecule has 0 saturated carbocycles. The van der Waals surface area contributed by atoms with E-state index in [1.165, 1.54) is 0 Å². The third-order valence-corrected chi connectivity index (χ3v) is 2.74. The van der Waals surface area contributed by atoms with Gasteiger partial charge in [0.25, 0.3) is 0 Å². The van der Waals surface area contributed by atoms with Gasteiger partial charge in [0.2, 0.25) is 0 Å². The lowest BCUT2D eigenvalue weighted by molar-refractivity contribution is 0.297. The van der Waals surface area contributed by atoms with Crippen LogP contribution >= 0.6 is 0 Å². The molecule has 1 aliphatic heterocycles. The van der Waals surface area contributed by atoms with Crippen molar-refractivity contribution < 1.29 is 9.47 Å². The van der Waals surface area contributed by atoms with Gasteiger partial charge in [-0.2, -0.15) is 5.26 Å². The zero-order valence-electron chi connectivity index (χ0n) is 9.14. The number of fused-ring (bicyclic) bond motifs is 2. The predicted molar refractivity (Wildman–Crippen MR) is 62.1 cm³/mol. The van der Waals surface area contributed by atoms with Crippen molar-refractivity contribution in [2.75, 3.05) is 13.2 Å². The third-order valence-electron chi connectivity index (χ3n) is 2.74. The largest absolute Gasteiger partial charge is 0.490 e. The van der Waals surface area contributed by atoms with Gasteiger partial charge in [-0.3, -0.25) is 0 Å². The van der Waals surface area contributed by atoms with Gasteiger partial charge >= 0.3 is 0 Å². The van der Waals surface area contributed by atoms with Crippen LogP contribution in [0, 0.1) is 11.3 Å². The number of pyridine rings is 1. The number of nitriles is 1. The summed E-state index contributed by atoms with van der Waals surface area (Å²) in [5.74, 6) is 1.43. The molecule has 0 amide bonds. The summed E-state index contributed by atoms with van der Waals surface area (Å²) in [7, 11) is 0. The minimum atomic E-state index is 0.415. The Morgan fingerprint density at radius 3 is 2.71 bits per heavy atom. The fourth-order valence-corrected chi connectivity index (χ4v) is 1.92. The Labute approximate surface area is 98.4 Å². The van der Waals surface area contributed by atoms with E-state index < -0.39 is 0 Å². The van der Waals surface area contributed by atoms with Gasteiger partial charge in [0, 0.05) is 18.0 Å². The molecule has 1 aromatic carbocycles. The van der Waals surface area contributed by atoms with Crippen molar-refractivity contribution in [3.8, 4) is 17.6 Å². The molecule has 2 heterocycles. The SMILES string of the molecule is N#Cc1nccc2cc3c(cc12)OCCCO3. The molecule has 0 bridgehead atoms. The zero-order chi connectivity index (χ0) is 11.7. The quantitative estimate of drug-likeness (QED) is 0.691. The lowest BCUT2D eigenvalue weighted by Gasteiger charge is -2.09. The highest BCUT2D eigenvalue weighted by Crippen LogP contribution is 2.34. The molecule has 0 saturated heterocycles. The Bertz CT molecular complexity index is 617. The van der Waals surface area contributed by atoms with Crippen LogP contribution in [-0.4, -0.2) is 18.2 Å². The van der Waals surface area contributed by atoms with E-state index in [0.29, 0.717) is 24.7 Å². The van der Waals surface area contributed by atoms with Gasteiger partial charge in [0.1, 0.15) is 11.8 Å². The first-order valence-corrected chi connectivity index (χ1v) is 5.47. The fourth-order valence-electron chi connectivity index (χ4n) is 1.92. The molecule has 0 spiro atoms. The summed E-state index contributed by atoms with van der Waals surface area (Å²) in [6.45, 7) is 1.30. The summed E-state index contributed by atoms with van der Waals surface area (Å²) < 4.78 is 11.2. The van der Waals surface area contributed by atoms with Gasteiger partial charge in [-0.25, -0.2) is 4.98 Å². The van der Waals surface area contributed by atoms with Crippen LogP contribution in [0.15, 0.2) is 24.4 Å². The molecule has 3 rings (SSSR count). The molecule has 4 heteroatoms. The summed E-state index contributed by atoms with van der Waals surface area (Å²) in [4.78, 5) is 4.04. The van der Waals surface area contributed by atoms with Gasteiger partial charge in [-0.15, -0.1) is 0 Å². The molecular formula is C13H10N2O2. The highest BCUT2D eigenvalue weighted by atomic mass is 16.5. The van der Waals surface area contributed by atoms with E-state index in [1.807, 2.05) is 18.2 Å². The fraction of sp³-hybridized carbons (Fsp3) is 0.231. The number of aromatic nitrogens is 1. The third kappa shape index (κ3) is 1.66. The Balaban J connectivity index is 2.26. The normalized spacial score (nSPS) is 14.1. The topological polar surface area (TPSA) is 55.1 Å². The standard InChI is InChI=1S/C13H10N2O2/c14-8-11-10-7-13-12(16-4-1-5-17-13)6-9(10)2-3-15-11/h2-3,6-7H,1,4-5H2. The molecule has 0 aliphatic carbocycles. The molecule has 0 unspecified atom stereocenters. The van der Waals surface area contributed by atoms with E-state index in [9.17, 15) is 0 Å². The van der Waals surface area contributed by atoms with Gasteiger partial charge < -0.3 is 9.47 Å². The molecule has 0 N–H and O–H groups in total. The van der Waals surface area contributed by atoms with E-state index in [0.717, 1.165) is 22.9 Å². The van der Waals surface area contributed by atoms with E-state index in [1.54, 1.807) is 6.20 Å². The average molecular weight is 226 g/mol. The van der Waals surface area contributed by atoms with Crippen molar-refractivity contribution in [2.24, 2.45) is 0 Å².